The summed E-state index contributed by atoms with van der Waals surface area (Å²) in [5, 5.41) is 11.1. The van der Waals surface area contributed by atoms with E-state index < -0.39 is 47.5 Å². The van der Waals surface area contributed by atoms with E-state index in [0.29, 0.717) is 22.8 Å². The number of rotatable bonds is 5. The first kappa shape index (κ1) is 25.9. The van der Waals surface area contributed by atoms with Crippen LogP contribution in [-0.2, 0) is 30.2 Å². The number of benzene rings is 2. The predicted molar refractivity (Wildman–Crippen MR) is 114 cm³/mol. The standard InChI is InChI=1S/C23H17F7N2O3S/c1-11-19(12-4-15(23(28,29)30)7-16(24)6-12)35-21(34)32(11)8-13-5-14(22(25,26)27)2-3-18(13)20-31-17(9-33)10-36-20/h2-7,10-11,19,33H,8-9H2,1H3/t11-,19-/m0/s1. The highest BCUT2D eigenvalue weighted by Crippen LogP contribution is 2.40. The molecule has 0 unspecified atom stereocenters. The number of aromatic nitrogens is 1. The Morgan fingerprint density at radius 3 is 2.36 bits per heavy atom. The van der Waals surface area contributed by atoms with Gasteiger partial charge in [-0.1, -0.05) is 6.07 Å². The van der Waals surface area contributed by atoms with E-state index in [2.05, 4.69) is 4.98 Å². The highest BCUT2D eigenvalue weighted by molar-refractivity contribution is 7.13. The molecule has 0 aliphatic carbocycles. The van der Waals surface area contributed by atoms with Gasteiger partial charge in [0.25, 0.3) is 0 Å². The van der Waals surface area contributed by atoms with Crippen molar-refractivity contribution in [2.45, 2.75) is 44.6 Å². The minimum Gasteiger partial charge on any atom is -0.439 e. The lowest BCUT2D eigenvalue weighted by atomic mass is 9.99. The predicted octanol–water partition coefficient (Wildman–Crippen LogP) is 6.56. The molecule has 1 fully saturated rings. The molecule has 4 rings (SSSR count). The van der Waals surface area contributed by atoms with Crippen LogP contribution in [0.3, 0.4) is 0 Å². The number of ether oxygens (including phenoxy) is 1. The molecule has 2 aromatic carbocycles. The molecule has 1 aliphatic rings. The highest BCUT2D eigenvalue weighted by Gasteiger charge is 2.42. The number of halogens is 7. The maximum absolute atomic E-state index is 13.9. The van der Waals surface area contributed by atoms with Crippen molar-refractivity contribution in [3.8, 4) is 10.6 Å². The molecule has 2 heterocycles. The number of aliphatic hydroxyl groups is 1. The Hall–Kier alpha value is -3.19. The van der Waals surface area contributed by atoms with Crippen LogP contribution in [0.25, 0.3) is 10.6 Å². The van der Waals surface area contributed by atoms with Gasteiger partial charge >= 0.3 is 18.4 Å². The normalized spacial score (nSPS) is 18.6. The van der Waals surface area contributed by atoms with E-state index >= 15 is 0 Å². The summed E-state index contributed by atoms with van der Waals surface area (Å²) in [5.74, 6) is -1.18. The molecule has 2 atom stereocenters. The van der Waals surface area contributed by atoms with Crippen LogP contribution < -0.4 is 0 Å². The number of amides is 1. The zero-order valence-electron chi connectivity index (χ0n) is 18.3. The largest absolute Gasteiger partial charge is 0.439 e. The number of cyclic esters (lactones) is 1. The van der Waals surface area contributed by atoms with Crippen LogP contribution >= 0.6 is 11.3 Å². The van der Waals surface area contributed by atoms with Crippen LogP contribution in [0.1, 0.15) is 41.0 Å². The number of nitrogens with zero attached hydrogens (tertiary/aromatic N) is 2. The van der Waals surface area contributed by atoms with Crippen molar-refractivity contribution in [3.63, 3.8) is 0 Å². The second kappa shape index (κ2) is 9.36. The molecular formula is C23H17F7N2O3S. The highest BCUT2D eigenvalue weighted by atomic mass is 32.1. The van der Waals surface area contributed by atoms with Gasteiger partial charge in [-0.15, -0.1) is 11.3 Å². The van der Waals surface area contributed by atoms with Crippen LogP contribution in [0.15, 0.2) is 41.8 Å². The van der Waals surface area contributed by atoms with Crippen molar-refractivity contribution >= 4 is 17.4 Å². The summed E-state index contributed by atoms with van der Waals surface area (Å²) in [5.41, 5.74) is -1.83. The molecule has 1 aromatic heterocycles. The molecule has 5 nitrogen and oxygen atoms in total. The number of aliphatic hydroxyl groups excluding tert-OH is 1. The van der Waals surface area contributed by atoms with Crippen LogP contribution in [0.5, 0.6) is 0 Å². The van der Waals surface area contributed by atoms with Crippen LogP contribution in [0, 0.1) is 5.82 Å². The Balaban J connectivity index is 1.70. The number of hydrogen-bond donors (Lipinski definition) is 1. The summed E-state index contributed by atoms with van der Waals surface area (Å²) in [6, 6.07) is 3.77. The van der Waals surface area contributed by atoms with E-state index in [1.165, 1.54) is 18.4 Å². The number of alkyl halides is 6. The van der Waals surface area contributed by atoms with Gasteiger partial charge in [0, 0.05) is 10.9 Å². The maximum atomic E-state index is 13.9. The Morgan fingerprint density at radius 1 is 1.06 bits per heavy atom. The van der Waals surface area contributed by atoms with Gasteiger partial charge in [0.1, 0.15) is 16.9 Å². The van der Waals surface area contributed by atoms with Gasteiger partial charge in [-0.05, 0) is 48.4 Å². The summed E-state index contributed by atoms with van der Waals surface area (Å²) in [6.45, 7) is 0.677. The lowest BCUT2D eigenvalue weighted by molar-refractivity contribution is -0.138. The molecule has 192 valence electrons. The summed E-state index contributed by atoms with van der Waals surface area (Å²) in [7, 11) is 0. The number of hydrogen-bond acceptors (Lipinski definition) is 5. The molecule has 36 heavy (non-hydrogen) atoms. The van der Waals surface area contributed by atoms with Crippen molar-refractivity contribution < 1.29 is 45.4 Å². The molecule has 1 saturated heterocycles. The Kier molecular flexibility index (Phi) is 6.73. The van der Waals surface area contributed by atoms with Crippen molar-refractivity contribution in [2.24, 2.45) is 0 Å². The van der Waals surface area contributed by atoms with Gasteiger partial charge in [0.15, 0.2) is 0 Å². The van der Waals surface area contributed by atoms with Gasteiger partial charge in [-0.2, -0.15) is 26.3 Å². The zero-order valence-corrected chi connectivity index (χ0v) is 19.1. The molecule has 0 radical (unpaired) electrons. The van der Waals surface area contributed by atoms with Gasteiger partial charge in [0.2, 0.25) is 0 Å². The third-order valence-electron chi connectivity index (χ3n) is 5.69. The molecular weight excluding hydrogens is 517 g/mol. The first-order valence-corrected chi connectivity index (χ1v) is 11.3. The molecule has 3 aromatic rings. The first-order valence-electron chi connectivity index (χ1n) is 10.4. The zero-order chi connectivity index (χ0) is 26.4. The van der Waals surface area contributed by atoms with E-state index in [9.17, 15) is 40.6 Å². The molecule has 13 heteroatoms. The van der Waals surface area contributed by atoms with E-state index in [1.54, 1.807) is 0 Å². The van der Waals surface area contributed by atoms with Crippen LogP contribution in [0.2, 0.25) is 0 Å². The van der Waals surface area contributed by atoms with E-state index in [1.807, 2.05) is 0 Å². The Morgan fingerprint density at radius 2 is 1.75 bits per heavy atom. The summed E-state index contributed by atoms with van der Waals surface area (Å²) >= 11 is 1.08. The van der Waals surface area contributed by atoms with E-state index in [0.717, 1.165) is 34.4 Å². The number of carbonyl (C=O) groups is 1. The van der Waals surface area contributed by atoms with Crippen LogP contribution in [0.4, 0.5) is 35.5 Å². The summed E-state index contributed by atoms with van der Waals surface area (Å²) in [6.07, 6.45) is -11.8. The maximum Gasteiger partial charge on any atom is 0.416 e. The molecule has 0 saturated carbocycles. The summed E-state index contributed by atoms with van der Waals surface area (Å²) < 4.78 is 98.8. The van der Waals surface area contributed by atoms with E-state index in [-0.39, 0.29) is 29.8 Å². The van der Waals surface area contributed by atoms with E-state index in [4.69, 9.17) is 4.74 Å². The lowest BCUT2D eigenvalue weighted by Gasteiger charge is -2.23. The SMILES string of the molecule is C[C@H]1[C@@H](c2cc(F)cc(C(F)(F)F)c2)OC(=O)N1Cc1cc(C(F)(F)F)ccc1-c1nc(CO)cs1. The minimum absolute atomic E-state index is 0.0586. The van der Waals surface area contributed by atoms with Crippen molar-refractivity contribution in [1.82, 2.24) is 9.88 Å². The third kappa shape index (κ3) is 5.16. The minimum atomic E-state index is -4.84. The topological polar surface area (TPSA) is 62.7 Å². The third-order valence-corrected chi connectivity index (χ3v) is 6.61. The smallest absolute Gasteiger partial charge is 0.416 e. The molecule has 0 bridgehead atoms. The fourth-order valence-corrected chi connectivity index (χ4v) is 4.77. The molecule has 1 N–H and O–H groups in total. The van der Waals surface area contributed by atoms with Gasteiger partial charge in [-0.3, -0.25) is 4.90 Å². The number of thiazole rings is 1. The van der Waals surface area contributed by atoms with Crippen molar-refractivity contribution in [1.29, 1.82) is 0 Å². The Labute approximate surface area is 203 Å². The van der Waals surface area contributed by atoms with Gasteiger partial charge in [-0.25, -0.2) is 14.2 Å². The fourth-order valence-electron chi connectivity index (χ4n) is 3.90. The van der Waals surface area contributed by atoms with Gasteiger partial charge < -0.3 is 9.84 Å². The van der Waals surface area contributed by atoms with Crippen LogP contribution in [-0.4, -0.2) is 27.1 Å². The monoisotopic (exact) mass is 534 g/mol. The lowest BCUT2D eigenvalue weighted by Crippen LogP contribution is -2.31. The van der Waals surface area contributed by atoms with Crippen molar-refractivity contribution in [2.75, 3.05) is 0 Å². The average Bonchev–Trinajstić information content (AvgIpc) is 3.37. The van der Waals surface area contributed by atoms with Crippen molar-refractivity contribution in [3.05, 3.63) is 75.5 Å². The molecule has 1 amide bonds. The fraction of sp³-hybridized carbons (Fsp3) is 0.304. The molecule has 0 spiro atoms. The summed E-state index contributed by atoms with van der Waals surface area (Å²) in [4.78, 5) is 17.9. The Bertz CT molecular complexity index is 1290. The second-order valence-corrected chi connectivity index (χ2v) is 8.97. The first-order chi connectivity index (χ1) is 16.8. The van der Waals surface area contributed by atoms with Gasteiger partial charge in [0.05, 0.1) is 36.0 Å². The quantitative estimate of drug-likeness (QED) is 0.377. The molecule has 1 aliphatic heterocycles. The number of carbonyl (C=O) groups excluding carboxylic acids is 1. The average molecular weight is 534 g/mol. The second-order valence-electron chi connectivity index (χ2n) is 8.12.